The smallest absolute Gasteiger partial charge is 0.403 e. The summed E-state index contributed by atoms with van der Waals surface area (Å²) in [6.45, 7) is 0. The number of phosphoric acid groups is 1. The molecule has 1 rings (SSSR count). The number of benzene rings is 1. The van der Waals surface area contributed by atoms with Crippen molar-refractivity contribution in [2.75, 3.05) is 0 Å². The minimum absolute atomic E-state index is 0.0970. The maximum absolute atomic E-state index is 10.7. The first-order chi connectivity index (χ1) is 7.74. The van der Waals surface area contributed by atoms with E-state index in [-0.39, 0.29) is 26.4 Å². The van der Waals surface area contributed by atoms with E-state index in [9.17, 15) is 4.57 Å². The summed E-state index contributed by atoms with van der Waals surface area (Å²) >= 11 is 22.7. The summed E-state index contributed by atoms with van der Waals surface area (Å²) in [6, 6.07) is 2.60. The average molecular weight is 338 g/mol. The third-order valence-electron chi connectivity index (χ3n) is 1.59. The van der Waals surface area contributed by atoms with Gasteiger partial charge in [-0.3, -0.25) is 9.79 Å². The highest BCUT2D eigenvalue weighted by molar-refractivity contribution is 7.46. The fraction of sp³-hybridized carbons (Fsp3) is 0. The van der Waals surface area contributed by atoms with E-state index in [1.165, 1.54) is 12.1 Å². The monoisotopic (exact) mass is 336 g/mol. The molecule has 0 atom stereocenters. The van der Waals surface area contributed by atoms with Gasteiger partial charge in [0.25, 0.3) is 0 Å². The predicted octanol–water partition coefficient (Wildman–Crippen LogP) is 4.29. The number of hydrogen-bond acceptors (Lipinski definition) is 2. The zero-order valence-electron chi connectivity index (χ0n) is 7.90. The predicted molar refractivity (Wildman–Crippen MR) is 68.4 cm³/mol. The standard InChI is InChI=1S/C8H5Cl4O4P/c9-3-8(16-17(13,14)15)4-1-6(11)7(12)2-5(4)10/h1-3H,(H2,13,14,15)/b8-3+. The summed E-state index contributed by atoms with van der Waals surface area (Å²) < 4.78 is 15.1. The molecule has 0 bridgehead atoms. The molecule has 0 saturated carbocycles. The lowest BCUT2D eigenvalue weighted by Gasteiger charge is -2.12. The Labute approximate surface area is 117 Å². The Morgan fingerprint density at radius 1 is 1.18 bits per heavy atom. The Bertz CT molecular complexity index is 510. The third kappa shape index (κ3) is 4.34. The van der Waals surface area contributed by atoms with Crippen LogP contribution in [0.5, 0.6) is 0 Å². The molecule has 0 saturated heterocycles. The molecule has 1 aromatic rings. The van der Waals surface area contributed by atoms with Crippen LogP contribution in [-0.4, -0.2) is 9.79 Å². The van der Waals surface area contributed by atoms with Gasteiger partial charge in [0.1, 0.15) is 0 Å². The molecule has 0 unspecified atom stereocenters. The number of hydrogen-bond donors (Lipinski definition) is 2. The molecule has 0 heterocycles. The summed E-state index contributed by atoms with van der Waals surface area (Å²) in [4.78, 5) is 17.4. The van der Waals surface area contributed by atoms with Crippen LogP contribution < -0.4 is 0 Å². The normalized spacial score (nSPS) is 12.7. The van der Waals surface area contributed by atoms with Crippen molar-refractivity contribution in [3.63, 3.8) is 0 Å². The second kappa shape index (κ2) is 5.81. The van der Waals surface area contributed by atoms with E-state index in [2.05, 4.69) is 4.52 Å². The Hall–Kier alpha value is 0.0700. The minimum Gasteiger partial charge on any atom is -0.403 e. The molecule has 0 spiro atoms. The van der Waals surface area contributed by atoms with Crippen LogP contribution in [0.4, 0.5) is 0 Å². The third-order valence-corrected chi connectivity index (χ3v) is 3.26. The van der Waals surface area contributed by atoms with Crippen molar-refractivity contribution in [2.24, 2.45) is 0 Å². The van der Waals surface area contributed by atoms with Gasteiger partial charge in [-0.2, -0.15) is 0 Å². The number of rotatable bonds is 3. The van der Waals surface area contributed by atoms with Gasteiger partial charge in [0, 0.05) is 11.1 Å². The fourth-order valence-electron chi connectivity index (χ4n) is 0.967. The summed E-state index contributed by atoms with van der Waals surface area (Å²) in [5.41, 5.74) is 0.962. The minimum atomic E-state index is -4.74. The van der Waals surface area contributed by atoms with Crippen LogP contribution in [0.15, 0.2) is 17.7 Å². The van der Waals surface area contributed by atoms with Gasteiger partial charge in [0.15, 0.2) is 5.76 Å². The molecule has 4 nitrogen and oxygen atoms in total. The van der Waals surface area contributed by atoms with Gasteiger partial charge in [-0.05, 0) is 12.1 Å². The average Bonchev–Trinajstić information content (AvgIpc) is 2.19. The molecule has 17 heavy (non-hydrogen) atoms. The molecule has 0 aromatic heterocycles. The van der Waals surface area contributed by atoms with Gasteiger partial charge in [-0.15, -0.1) is 0 Å². The topological polar surface area (TPSA) is 66.8 Å². The Balaban J connectivity index is 3.23. The van der Waals surface area contributed by atoms with Crippen molar-refractivity contribution in [1.82, 2.24) is 0 Å². The van der Waals surface area contributed by atoms with E-state index in [1.807, 2.05) is 0 Å². The molecule has 2 N–H and O–H groups in total. The SMILES string of the molecule is O=P(O)(O)O/C(=C/Cl)c1cc(Cl)c(Cl)cc1Cl. The lowest BCUT2D eigenvalue weighted by molar-refractivity contribution is 0.269. The Kier molecular flexibility index (Phi) is 5.17. The molecule has 0 fully saturated rings. The van der Waals surface area contributed by atoms with Crippen molar-refractivity contribution in [2.45, 2.75) is 0 Å². The highest BCUT2D eigenvalue weighted by Crippen LogP contribution is 2.44. The van der Waals surface area contributed by atoms with E-state index in [0.29, 0.717) is 0 Å². The van der Waals surface area contributed by atoms with Crippen LogP contribution in [0.25, 0.3) is 5.76 Å². The van der Waals surface area contributed by atoms with Crippen LogP contribution in [-0.2, 0) is 9.09 Å². The van der Waals surface area contributed by atoms with Crippen molar-refractivity contribution in [3.8, 4) is 0 Å². The van der Waals surface area contributed by atoms with Gasteiger partial charge >= 0.3 is 7.82 Å². The van der Waals surface area contributed by atoms with Crippen LogP contribution in [0.2, 0.25) is 15.1 Å². The van der Waals surface area contributed by atoms with Gasteiger partial charge in [0.05, 0.1) is 15.1 Å². The quantitative estimate of drug-likeness (QED) is 0.490. The molecule has 1 aromatic carbocycles. The van der Waals surface area contributed by atoms with Crippen molar-refractivity contribution < 1.29 is 18.9 Å². The lowest BCUT2D eigenvalue weighted by Crippen LogP contribution is -1.91. The molecular weight excluding hydrogens is 333 g/mol. The lowest BCUT2D eigenvalue weighted by atomic mass is 10.2. The van der Waals surface area contributed by atoms with Gasteiger partial charge in [0.2, 0.25) is 0 Å². The van der Waals surface area contributed by atoms with E-state index in [4.69, 9.17) is 56.2 Å². The first-order valence-electron chi connectivity index (χ1n) is 3.95. The van der Waals surface area contributed by atoms with Gasteiger partial charge < -0.3 is 4.52 Å². The molecule has 0 radical (unpaired) electrons. The summed E-state index contributed by atoms with van der Waals surface area (Å²) in [5, 5.41) is 0.446. The van der Waals surface area contributed by atoms with Crippen LogP contribution in [0.1, 0.15) is 5.56 Å². The fourth-order valence-corrected chi connectivity index (χ4v) is 2.24. The largest absolute Gasteiger partial charge is 0.524 e. The van der Waals surface area contributed by atoms with Crippen LogP contribution in [0, 0.1) is 0 Å². The van der Waals surface area contributed by atoms with Gasteiger partial charge in [-0.1, -0.05) is 46.4 Å². The maximum Gasteiger partial charge on any atom is 0.524 e. The highest BCUT2D eigenvalue weighted by atomic mass is 35.5. The molecule has 0 aliphatic heterocycles. The zero-order chi connectivity index (χ0) is 13.2. The molecule has 0 amide bonds. The Morgan fingerprint density at radius 2 is 1.71 bits per heavy atom. The first-order valence-corrected chi connectivity index (χ1v) is 7.05. The summed E-state index contributed by atoms with van der Waals surface area (Å²) in [7, 11) is -4.74. The van der Waals surface area contributed by atoms with E-state index in [1.54, 1.807) is 0 Å². The molecular formula is C8H5Cl4O4P. The molecule has 0 aliphatic rings. The summed E-state index contributed by atoms with van der Waals surface area (Å²) in [5.74, 6) is -0.302. The van der Waals surface area contributed by atoms with E-state index in [0.717, 1.165) is 5.54 Å². The zero-order valence-corrected chi connectivity index (χ0v) is 11.8. The second-order valence-electron chi connectivity index (χ2n) is 2.80. The van der Waals surface area contributed by atoms with Gasteiger partial charge in [-0.25, -0.2) is 4.57 Å². The second-order valence-corrected chi connectivity index (χ2v) is 5.40. The van der Waals surface area contributed by atoms with E-state index >= 15 is 0 Å². The van der Waals surface area contributed by atoms with Crippen molar-refractivity contribution in [3.05, 3.63) is 38.3 Å². The maximum atomic E-state index is 10.7. The van der Waals surface area contributed by atoms with Crippen LogP contribution >= 0.6 is 54.2 Å². The molecule has 0 aliphatic carbocycles. The molecule has 9 heteroatoms. The van der Waals surface area contributed by atoms with E-state index < -0.39 is 7.82 Å². The Morgan fingerprint density at radius 3 is 2.18 bits per heavy atom. The van der Waals surface area contributed by atoms with Crippen molar-refractivity contribution >= 4 is 60.0 Å². The highest BCUT2D eigenvalue weighted by Gasteiger charge is 2.21. The number of phosphoric ester groups is 1. The van der Waals surface area contributed by atoms with Crippen LogP contribution in [0.3, 0.4) is 0 Å². The first kappa shape index (κ1) is 15.1. The molecule has 94 valence electrons. The number of halogens is 4. The van der Waals surface area contributed by atoms with Crippen molar-refractivity contribution in [1.29, 1.82) is 0 Å². The summed E-state index contributed by atoms with van der Waals surface area (Å²) in [6.07, 6.45) is 0.